The normalized spacial score (nSPS) is 24.6. The van der Waals surface area contributed by atoms with E-state index in [1.807, 2.05) is 6.20 Å². The second-order valence-electron chi connectivity index (χ2n) is 6.00. The van der Waals surface area contributed by atoms with Crippen LogP contribution in [0.2, 0.25) is 0 Å². The Balaban J connectivity index is 1.50. The van der Waals surface area contributed by atoms with Gasteiger partial charge in [-0.2, -0.15) is 0 Å². The van der Waals surface area contributed by atoms with E-state index in [1.165, 1.54) is 37.2 Å². The average Bonchev–Trinajstić information content (AvgIpc) is 2.94. The van der Waals surface area contributed by atoms with Crippen molar-refractivity contribution >= 4 is 16.5 Å². The highest BCUT2D eigenvalue weighted by Crippen LogP contribution is 2.27. The molecule has 2 fully saturated rings. The molecule has 0 spiro atoms. The van der Waals surface area contributed by atoms with Gasteiger partial charge in [-0.3, -0.25) is 4.90 Å². The van der Waals surface area contributed by atoms with Gasteiger partial charge in [-0.05, 0) is 12.8 Å². The van der Waals surface area contributed by atoms with Crippen LogP contribution in [-0.2, 0) is 0 Å². The molecule has 2 N–H and O–H groups in total. The number of anilines is 1. The molecule has 0 radical (unpaired) electrons. The second-order valence-corrected chi connectivity index (χ2v) is 6.87. The zero-order valence-corrected chi connectivity index (χ0v) is 12.4. The number of nitrogens with two attached hydrogens (primary N) is 1. The molecule has 0 bridgehead atoms. The molecule has 2 aliphatic rings. The molecule has 0 atom stereocenters. The minimum atomic E-state index is 0.0849. The van der Waals surface area contributed by atoms with Crippen molar-refractivity contribution in [3.05, 3.63) is 11.6 Å². The molecule has 3 rings (SSSR count). The number of hydrogen-bond donors (Lipinski definition) is 1. The Morgan fingerprint density at radius 1 is 1.16 bits per heavy atom. The summed E-state index contributed by atoms with van der Waals surface area (Å²) in [5.41, 5.74) is 6.64. The standard InChI is InChI=1S/C14H24N4S/c15-14(4-2-1-3-5-14)12-17-7-9-18(10-8-17)13-16-6-11-19-13/h6,11H,1-5,7-10,12,15H2. The van der Waals surface area contributed by atoms with Crippen LogP contribution in [0, 0.1) is 0 Å². The van der Waals surface area contributed by atoms with E-state index < -0.39 is 0 Å². The summed E-state index contributed by atoms with van der Waals surface area (Å²) in [5.74, 6) is 0. The van der Waals surface area contributed by atoms with Crippen LogP contribution in [0.5, 0.6) is 0 Å². The van der Waals surface area contributed by atoms with Crippen LogP contribution in [0.4, 0.5) is 5.13 Å². The summed E-state index contributed by atoms with van der Waals surface area (Å²) in [4.78, 5) is 9.34. The highest BCUT2D eigenvalue weighted by Gasteiger charge is 2.31. The Labute approximate surface area is 119 Å². The van der Waals surface area contributed by atoms with Crippen LogP contribution in [0.1, 0.15) is 32.1 Å². The Morgan fingerprint density at radius 2 is 1.89 bits per heavy atom. The minimum absolute atomic E-state index is 0.0849. The lowest BCUT2D eigenvalue weighted by atomic mass is 9.82. The molecule has 0 aromatic carbocycles. The molecule has 2 heterocycles. The topological polar surface area (TPSA) is 45.4 Å². The smallest absolute Gasteiger partial charge is 0.185 e. The maximum absolute atomic E-state index is 6.55. The molecular formula is C14H24N4S. The predicted octanol–water partition coefficient (Wildman–Crippen LogP) is 1.93. The molecule has 1 aliphatic heterocycles. The summed E-state index contributed by atoms with van der Waals surface area (Å²) in [5, 5.41) is 3.22. The molecule has 5 heteroatoms. The summed E-state index contributed by atoms with van der Waals surface area (Å²) >= 11 is 1.74. The van der Waals surface area contributed by atoms with Crippen LogP contribution in [0.3, 0.4) is 0 Å². The molecule has 1 aromatic heterocycles. The van der Waals surface area contributed by atoms with E-state index in [4.69, 9.17) is 5.73 Å². The lowest BCUT2D eigenvalue weighted by molar-refractivity contribution is 0.165. The number of aromatic nitrogens is 1. The molecule has 0 unspecified atom stereocenters. The summed E-state index contributed by atoms with van der Waals surface area (Å²) in [6.07, 6.45) is 8.31. The van der Waals surface area contributed by atoms with Crippen LogP contribution < -0.4 is 10.6 Å². The van der Waals surface area contributed by atoms with E-state index in [-0.39, 0.29) is 5.54 Å². The highest BCUT2D eigenvalue weighted by molar-refractivity contribution is 7.13. The molecule has 106 valence electrons. The summed E-state index contributed by atoms with van der Waals surface area (Å²) in [6, 6.07) is 0. The van der Waals surface area contributed by atoms with Crippen molar-refractivity contribution in [2.24, 2.45) is 5.73 Å². The first-order valence-electron chi connectivity index (χ1n) is 7.41. The van der Waals surface area contributed by atoms with Crippen molar-refractivity contribution < 1.29 is 0 Å². The number of nitrogens with zero attached hydrogens (tertiary/aromatic N) is 3. The molecule has 19 heavy (non-hydrogen) atoms. The Kier molecular flexibility index (Phi) is 4.05. The van der Waals surface area contributed by atoms with Gasteiger partial charge in [-0.25, -0.2) is 4.98 Å². The summed E-state index contributed by atoms with van der Waals surface area (Å²) in [6.45, 7) is 5.50. The van der Waals surface area contributed by atoms with Crippen LogP contribution in [0.25, 0.3) is 0 Å². The van der Waals surface area contributed by atoms with Crippen LogP contribution in [-0.4, -0.2) is 48.1 Å². The fourth-order valence-corrected chi connectivity index (χ4v) is 4.03. The third-order valence-electron chi connectivity index (χ3n) is 4.45. The quantitative estimate of drug-likeness (QED) is 0.919. The fraction of sp³-hybridized carbons (Fsp3) is 0.786. The number of rotatable bonds is 3. The molecule has 1 saturated heterocycles. The van der Waals surface area contributed by atoms with Gasteiger partial charge in [0.15, 0.2) is 5.13 Å². The van der Waals surface area contributed by atoms with Crippen molar-refractivity contribution in [2.45, 2.75) is 37.6 Å². The maximum atomic E-state index is 6.55. The maximum Gasteiger partial charge on any atom is 0.185 e. The number of piperazine rings is 1. The SMILES string of the molecule is NC1(CN2CCN(c3nccs3)CC2)CCCCC1. The lowest BCUT2D eigenvalue weighted by Gasteiger charge is -2.41. The van der Waals surface area contributed by atoms with E-state index in [9.17, 15) is 0 Å². The first-order valence-corrected chi connectivity index (χ1v) is 8.29. The predicted molar refractivity (Wildman–Crippen MR) is 80.8 cm³/mol. The van der Waals surface area contributed by atoms with E-state index in [1.54, 1.807) is 11.3 Å². The van der Waals surface area contributed by atoms with Gasteiger partial charge in [0.25, 0.3) is 0 Å². The van der Waals surface area contributed by atoms with E-state index in [0.717, 1.165) is 32.7 Å². The van der Waals surface area contributed by atoms with Gasteiger partial charge in [0, 0.05) is 49.8 Å². The minimum Gasteiger partial charge on any atom is -0.346 e. The second kappa shape index (κ2) is 5.77. The third-order valence-corrected chi connectivity index (χ3v) is 5.28. The molecule has 4 nitrogen and oxygen atoms in total. The van der Waals surface area contributed by atoms with E-state index >= 15 is 0 Å². The third kappa shape index (κ3) is 3.27. The zero-order chi connectivity index (χ0) is 13.1. The number of hydrogen-bond acceptors (Lipinski definition) is 5. The summed E-state index contributed by atoms with van der Waals surface area (Å²) < 4.78 is 0. The Morgan fingerprint density at radius 3 is 2.53 bits per heavy atom. The van der Waals surface area contributed by atoms with Crippen LogP contribution >= 0.6 is 11.3 Å². The Bertz CT molecular complexity index is 378. The number of thiazole rings is 1. The van der Waals surface area contributed by atoms with Crippen molar-refractivity contribution in [1.82, 2.24) is 9.88 Å². The molecule has 1 saturated carbocycles. The van der Waals surface area contributed by atoms with Gasteiger partial charge < -0.3 is 10.6 Å². The van der Waals surface area contributed by atoms with Gasteiger partial charge in [-0.15, -0.1) is 11.3 Å². The largest absolute Gasteiger partial charge is 0.346 e. The molecular weight excluding hydrogens is 256 g/mol. The van der Waals surface area contributed by atoms with Crippen molar-refractivity contribution in [3.63, 3.8) is 0 Å². The average molecular weight is 280 g/mol. The van der Waals surface area contributed by atoms with Crippen molar-refractivity contribution in [1.29, 1.82) is 0 Å². The van der Waals surface area contributed by atoms with Gasteiger partial charge in [0.05, 0.1) is 0 Å². The van der Waals surface area contributed by atoms with Crippen molar-refractivity contribution in [2.75, 3.05) is 37.6 Å². The van der Waals surface area contributed by atoms with Gasteiger partial charge in [-0.1, -0.05) is 19.3 Å². The van der Waals surface area contributed by atoms with Gasteiger partial charge in [0.2, 0.25) is 0 Å². The van der Waals surface area contributed by atoms with Gasteiger partial charge in [0.1, 0.15) is 0 Å². The monoisotopic (exact) mass is 280 g/mol. The van der Waals surface area contributed by atoms with E-state index in [0.29, 0.717) is 0 Å². The first kappa shape index (κ1) is 13.3. The first-order chi connectivity index (χ1) is 9.25. The van der Waals surface area contributed by atoms with Crippen LogP contribution in [0.15, 0.2) is 11.6 Å². The zero-order valence-electron chi connectivity index (χ0n) is 11.6. The van der Waals surface area contributed by atoms with E-state index in [2.05, 4.69) is 20.2 Å². The van der Waals surface area contributed by atoms with Crippen molar-refractivity contribution in [3.8, 4) is 0 Å². The Hall–Kier alpha value is -0.650. The molecule has 0 amide bonds. The summed E-state index contributed by atoms with van der Waals surface area (Å²) in [7, 11) is 0. The fourth-order valence-electron chi connectivity index (χ4n) is 3.33. The van der Waals surface area contributed by atoms with Gasteiger partial charge >= 0.3 is 0 Å². The lowest BCUT2D eigenvalue weighted by Crippen LogP contribution is -2.56. The highest BCUT2D eigenvalue weighted by atomic mass is 32.1. The molecule has 1 aliphatic carbocycles. The molecule has 1 aromatic rings.